The maximum Gasteiger partial charge on any atom is 0.302 e. The Bertz CT molecular complexity index is 733. The first-order chi connectivity index (χ1) is 16.3. The molecule has 0 aliphatic heterocycles. The summed E-state index contributed by atoms with van der Waals surface area (Å²) in [4.78, 5) is 23.9. The van der Waals surface area contributed by atoms with E-state index >= 15 is 0 Å². The lowest BCUT2D eigenvalue weighted by Crippen LogP contribution is -2.46. The summed E-state index contributed by atoms with van der Waals surface area (Å²) in [6.07, 6.45) is 5.28. The van der Waals surface area contributed by atoms with Gasteiger partial charge in [-0.25, -0.2) is 0 Å². The van der Waals surface area contributed by atoms with E-state index in [9.17, 15) is 19.8 Å². The number of allylic oxidation sites excluding steroid dienone is 2. The second-order valence-corrected chi connectivity index (χ2v) is 9.55. The van der Waals surface area contributed by atoms with Gasteiger partial charge in [0.1, 0.15) is 6.10 Å². The van der Waals surface area contributed by atoms with Crippen molar-refractivity contribution in [3.63, 3.8) is 0 Å². The molecular formula is C27H47NO7. The van der Waals surface area contributed by atoms with E-state index in [4.69, 9.17) is 14.6 Å². The van der Waals surface area contributed by atoms with Crippen molar-refractivity contribution in [3.8, 4) is 0 Å². The van der Waals surface area contributed by atoms with Crippen LogP contribution in [0.5, 0.6) is 0 Å². The molecule has 0 aliphatic rings. The Labute approximate surface area is 211 Å². The summed E-state index contributed by atoms with van der Waals surface area (Å²) < 4.78 is 10.9. The molecule has 0 aromatic rings. The molecule has 0 heterocycles. The number of carbonyl (C=O) groups is 2. The van der Waals surface area contributed by atoms with Crippen molar-refractivity contribution in [2.75, 3.05) is 7.11 Å². The van der Waals surface area contributed by atoms with E-state index in [1.54, 1.807) is 39.0 Å². The Hall–Kier alpha value is -2.16. The highest BCUT2D eigenvalue weighted by molar-refractivity contribution is 5.93. The molecule has 202 valence electrons. The molecule has 0 spiro atoms. The molecule has 0 radical (unpaired) electrons. The van der Waals surface area contributed by atoms with Crippen LogP contribution in [0.25, 0.3) is 0 Å². The lowest BCUT2D eigenvalue weighted by atomic mass is 9.78. The number of esters is 1. The number of hydrogen-bond donors (Lipinski definition) is 4. The first kappa shape index (κ1) is 32.8. The summed E-state index contributed by atoms with van der Waals surface area (Å²) >= 11 is 0. The third-order valence-corrected chi connectivity index (χ3v) is 6.67. The van der Waals surface area contributed by atoms with Gasteiger partial charge < -0.3 is 30.1 Å². The van der Waals surface area contributed by atoms with E-state index in [2.05, 4.69) is 5.32 Å². The van der Waals surface area contributed by atoms with Crippen molar-refractivity contribution in [1.29, 1.82) is 0 Å². The highest BCUT2D eigenvalue weighted by atomic mass is 16.5. The van der Waals surface area contributed by atoms with E-state index in [1.165, 1.54) is 20.1 Å². The predicted octanol–water partition coefficient (Wildman–Crippen LogP) is 3.69. The van der Waals surface area contributed by atoms with Crippen LogP contribution in [0.4, 0.5) is 0 Å². The highest BCUT2D eigenvalue weighted by Crippen LogP contribution is 2.30. The number of aliphatic hydroxyl groups excluding tert-OH is 3. The topological polar surface area (TPSA) is 125 Å². The summed E-state index contributed by atoms with van der Waals surface area (Å²) in [5, 5.41) is 34.0. The van der Waals surface area contributed by atoms with Crippen LogP contribution in [-0.2, 0) is 19.1 Å². The molecule has 1 unspecified atom stereocenters. The first-order valence-electron chi connectivity index (χ1n) is 12.3. The first-order valence-corrected chi connectivity index (χ1v) is 12.3. The van der Waals surface area contributed by atoms with Crippen molar-refractivity contribution >= 4 is 11.9 Å². The molecule has 0 bridgehead atoms. The van der Waals surface area contributed by atoms with Gasteiger partial charge in [-0.15, -0.1) is 0 Å². The maximum absolute atomic E-state index is 12.1. The van der Waals surface area contributed by atoms with Crippen molar-refractivity contribution in [3.05, 3.63) is 36.1 Å². The molecule has 0 aliphatic carbocycles. The summed E-state index contributed by atoms with van der Waals surface area (Å²) in [5.41, 5.74) is 0.563. The van der Waals surface area contributed by atoms with Crippen molar-refractivity contribution < 1.29 is 34.4 Å². The molecule has 0 saturated heterocycles. The van der Waals surface area contributed by atoms with Crippen LogP contribution < -0.4 is 5.32 Å². The number of rotatable bonds is 15. The van der Waals surface area contributed by atoms with Gasteiger partial charge in [0.25, 0.3) is 0 Å². The van der Waals surface area contributed by atoms with Crippen LogP contribution in [0.2, 0.25) is 0 Å². The summed E-state index contributed by atoms with van der Waals surface area (Å²) in [7, 11) is 1.48. The fraction of sp³-hybridized carbons (Fsp3) is 0.704. The van der Waals surface area contributed by atoms with Gasteiger partial charge in [0.15, 0.2) is 0 Å². The van der Waals surface area contributed by atoms with Gasteiger partial charge in [0.05, 0.1) is 24.6 Å². The van der Waals surface area contributed by atoms with E-state index in [0.29, 0.717) is 5.57 Å². The van der Waals surface area contributed by atoms with Crippen LogP contribution in [0.15, 0.2) is 36.1 Å². The van der Waals surface area contributed by atoms with Crippen LogP contribution in [0.3, 0.4) is 0 Å². The highest BCUT2D eigenvalue weighted by Gasteiger charge is 2.39. The summed E-state index contributed by atoms with van der Waals surface area (Å²) in [6, 6.07) is 0.0947. The fourth-order valence-electron chi connectivity index (χ4n) is 3.98. The van der Waals surface area contributed by atoms with E-state index in [-0.39, 0.29) is 23.8 Å². The van der Waals surface area contributed by atoms with Gasteiger partial charge in [0.2, 0.25) is 5.91 Å². The van der Waals surface area contributed by atoms with Crippen LogP contribution in [0.1, 0.15) is 61.8 Å². The molecule has 8 nitrogen and oxygen atoms in total. The predicted molar refractivity (Wildman–Crippen MR) is 138 cm³/mol. The van der Waals surface area contributed by atoms with Crippen LogP contribution in [-0.4, -0.2) is 64.8 Å². The van der Waals surface area contributed by atoms with Gasteiger partial charge in [-0.1, -0.05) is 52.8 Å². The number of amides is 1. The average Bonchev–Trinajstić information content (AvgIpc) is 2.82. The largest absolute Gasteiger partial charge is 0.516 e. The SMILES string of the molecule is CCC(C)NC(=O)/C(C)=C\C=C\[C@H](C)[C@H](O)[C@@H](C)[C@@H](O)[C@@H](C)[C@H](OC(C)=O)[C@H](C)[C@H](/C=C/O)OC. The van der Waals surface area contributed by atoms with E-state index in [0.717, 1.165) is 12.7 Å². The summed E-state index contributed by atoms with van der Waals surface area (Å²) in [5.74, 6) is -2.36. The minimum Gasteiger partial charge on any atom is -0.516 e. The molecule has 1 amide bonds. The zero-order valence-corrected chi connectivity index (χ0v) is 22.8. The number of methoxy groups -OCH3 is 1. The quantitative estimate of drug-likeness (QED) is 0.118. The zero-order chi connectivity index (χ0) is 27.3. The fourth-order valence-corrected chi connectivity index (χ4v) is 3.98. The number of aliphatic hydroxyl groups is 3. The summed E-state index contributed by atoms with van der Waals surface area (Å²) in [6.45, 7) is 14.1. The molecule has 0 fully saturated rings. The van der Waals surface area contributed by atoms with Crippen molar-refractivity contribution in [1.82, 2.24) is 5.32 Å². The Morgan fingerprint density at radius 2 is 1.54 bits per heavy atom. The zero-order valence-electron chi connectivity index (χ0n) is 22.8. The Morgan fingerprint density at radius 1 is 0.943 bits per heavy atom. The van der Waals surface area contributed by atoms with Crippen LogP contribution in [0, 0.1) is 23.7 Å². The van der Waals surface area contributed by atoms with E-state index in [1.807, 2.05) is 27.7 Å². The molecule has 0 aromatic heterocycles. The average molecular weight is 498 g/mol. The normalized spacial score (nSPS) is 20.5. The van der Waals surface area contributed by atoms with Crippen molar-refractivity contribution in [2.24, 2.45) is 23.7 Å². The minimum atomic E-state index is -0.984. The molecule has 0 aromatic carbocycles. The molecule has 4 N–H and O–H groups in total. The lowest BCUT2D eigenvalue weighted by molar-refractivity contribution is -0.160. The second kappa shape index (κ2) is 16.5. The van der Waals surface area contributed by atoms with Crippen LogP contribution >= 0.6 is 0 Å². The Kier molecular flexibility index (Phi) is 15.5. The molecule has 35 heavy (non-hydrogen) atoms. The maximum atomic E-state index is 12.1. The molecule has 8 heteroatoms. The molecule has 0 saturated carbocycles. The van der Waals surface area contributed by atoms with Gasteiger partial charge in [0, 0.05) is 49.3 Å². The number of hydrogen-bond acceptors (Lipinski definition) is 7. The molecule has 9 atom stereocenters. The lowest BCUT2D eigenvalue weighted by Gasteiger charge is -2.37. The van der Waals surface area contributed by atoms with Gasteiger partial charge in [-0.2, -0.15) is 0 Å². The number of ether oxygens (including phenoxy) is 2. The van der Waals surface area contributed by atoms with E-state index < -0.39 is 42.2 Å². The Balaban J connectivity index is 5.41. The number of carbonyl (C=O) groups excluding carboxylic acids is 2. The third kappa shape index (κ3) is 11.0. The van der Waals surface area contributed by atoms with Crippen molar-refractivity contribution in [2.45, 2.75) is 92.3 Å². The monoisotopic (exact) mass is 497 g/mol. The van der Waals surface area contributed by atoms with Gasteiger partial charge >= 0.3 is 5.97 Å². The second-order valence-electron chi connectivity index (χ2n) is 9.55. The third-order valence-electron chi connectivity index (χ3n) is 6.67. The molecular weight excluding hydrogens is 450 g/mol. The standard InChI is InChI=1S/C27H47NO7/c1-10-18(4)28-27(33)17(3)13-11-12-16(2)24(31)20(6)25(32)21(7)26(35-22(8)30)19(5)23(34-9)14-15-29/h11-16,18-21,23-26,29,31-32H,10H2,1-9H3,(H,28,33)/b12-11+,15-14+,17-13-/t16-,18?,19+,20+,21+,23-,24-,25+,26+/m0/s1. The molecule has 0 rings (SSSR count). The van der Waals surface area contributed by atoms with Gasteiger partial charge in [-0.05, 0) is 26.3 Å². The Morgan fingerprint density at radius 3 is 2.03 bits per heavy atom. The number of nitrogens with one attached hydrogen (secondary N) is 1. The minimum absolute atomic E-state index is 0.0947. The smallest absolute Gasteiger partial charge is 0.302 e. The van der Waals surface area contributed by atoms with Gasteiger partial charge in [-0.3, -0.25) is 9.59 Å².